The van der Waals surface area contributed by atoms with Gasteiger partial charge in [0.2, 0.25) is 0 Å². The Balaban J connectivity index is 1.94. The highest BCUT2D eigenvalue weighted by molar-refractivity contribution is 5.22. The quantitative estimate of drug-likeness (QED) is 0.542. The van der Waals surface area contributed by atoms with E-state index in [1.165, 1.54) is 5.56 Å². The van der Waals surface area contributed by atoms with Crippen LogP contribution in [0.3, 0.4) is 0 Å². The minimum absolute atomic E-state index is 0.0765. The molecule has 2 aromatic carbocycles. The normalized spacial score (nSPS) is 11.6. The summed E-state index contributed by atoms with van der Waals surface area (Å²) in [7, 11) is 0. The van der Waals surface area contributed by atoms with Gasteiger partial charge in [0.1, 0.15) is 18.5 Å². The molecule has 2 aromatic rings. The summed E-state index contributed by atoms with van der Waals surface area (Å²) < 4.78 is 11.4. The molecule has 0 aromatic heterocycles. The molecule has 0 aliphatic rings. The molecule has 0 aliphatic carbocycles. The van der Waals surface area contributed by atoms with Gasteiger partial charge in [-0.05, 0) is 17.7 Å². The van der Waals surface area contributed by atoms with Crippen molar-refractivity contribution < 1.29 is 9.47 Å². The van der Waals surface area contributed by atoms with Gasteiger partial charge in [0, 0.05) is 12.8 Å². The number of para-hydroxylation sites is 1. The van der Waals surface area contributed by atoms with Crippen LogP contribution in [-0.4, -0.2) is 19.3 Å². The third-order valence-corrected chi connectivity index (χ3v) is 3.12. The predicted octanol–water partition coefficient (Wildman–Crippen LogP) is 3.72. The Kier molecular flexibility index (Phi) is 6.38. The first-order chi connectivity index (χ1) is 10.4. The lowest BCUT2D eigenvalue weighted by molar-refractivity contribution is 0.110. The molecule has 21 heavy (non-hydrogen) atoms. The number of benzene rings is 2. The fourth-order valence-corrected chi connectivity index (χ4v) is 2.12. The van der Waals surface area contributed by atoms with Crippen molar-refractivity contribution in [2.45, 2.75) is 18.9 Å². The van der Waals surface area contributed by atoms with Gasteiger partial charge in [-0.15, -0.1) is 6.42 Å². The van der Waals surface area contributed by atoms with Gasteiger partial charge in [-0.25, -0.2) is 0 Å². The summed E-state index contributed by atoms with van der Waals surface area (Å²) in [6.07, 6.45) is 6.93. The van der Waals surface area contributed by atoms with Gasteiger partial charge in [-0.3, -0.25) is 0 Å². The van der Waals surface area contributed by atoms with Crippen molar-refractivity contribution in [1.82, 2.24) is 0 Å². The van der Waals surface area contributed by atoms with Crippen LogP contribution in [0.1, 0.15) is 12.0 Å². The number of ether oxygens (including phenoxy) is 2. The van der Waals surface area contributed by atoms with Gasteiger partial charge in [-0.1, -0.05) is 54.5 Å². The van der Waals surface area contributed by atoms with Crippen molar-refractivity contribution in [3.8, 4) is 18.1 Å². The van der Waals surface area contributed by atoms with Crippen molar-refractivity contribution in [3.63, 3.8) is 0 Å². The molecule has 108 valence electrons. The van der Waals surface area contributed by atoms with E-state index in [-0.39, 0.29) is 6.10 Å². The summed E-state index contributed by atoms with van der Waals surface area (Å²) in [6, 6.07) is 20.2. The fraction of sp³-hybridized carbons (Fsp3) is 0.263. The number of terminal acetylenes is 1. The Morgan fingerprint density at radius 2 is 1.62 bits per heavy atom. The van der Waals surface area contributed by atoms with Gasteiger partial charge >= 0.3 is 0 Å². The molecule has 0 radical (unpaired) electrons. The second-order valence-corrected chi connectivity index (χ2v) is 4.79. The Hall–Kier alpha value is -2.24. The smallest absolute Gasteiger partial charge is 0.119 e. The third-order valence-electron chi connectivity index (χ3n) is 3.12. The van der Waals surface area contributed by atoms with Crippen molar-refractivity contribution in [1.29, 1.82) is 0 Å². The molecule has 0 saturated heterocycles. The Morgan fingerprint density at radius 1 is 0.952 bits per heavy atom. The first-order valence-corrected chi connectivity index (χ1v) is 7.15. The van der Waals surface area contributed by atoms with E-state index >= 15 is 0 Å². The maximum Gasteiger partial charge on any atom is 0.119 e. The summed E-state index contributed by atoms with van der Waals surface area (Å²) in [5, 5.41) is 0. The van der Waals surface area contributed by atoms with E-state index in [2.05, 4.69) is 18.1 Å². The van der Waals surface area contributed by atoms with E-state index < -0.39 is 0 Å². The van der Waals surface area contributed by atoms with Crippen LogP contribution in [0.15, 0.2) is 60.7 Å². The van der Waals surface area contributed by atoms with Crippen LogP contribution >= 0.6 is 0 Å². The summed E-state index contributed by atoms with van der Waals surface area (Å²) >= 11 is 0. The zero-order valence-electron chi connectivity index (χ0n) is 12.1. The van der Waals surface area contributed by atoms with Crippen molar-refractivity contribution in [2.75, 3.05) is 13.2 Å². The Bertz CT molecular complexity index is 501. The second-order valence-electron chi connectivity index (χ2n) is 4.79. The monoisotopic (exact) mass is 280 g/mol. The molecule has 1 atom stereocenters. The lowest BCUT2D eigenvalue weighted by Crippen LogP contribution is -2.22. The second kappa shape index (κ2) is 8.84. The molecule has 0 fully saturated rings. The van der Waals surface area contributed by atoms with Crippen molar-refractivity contribution in [3.05, 3.63) is 66.2 Å². The molecule has 0 aliphatic heterocycles. The zero-order chi connectivity index (χ0) is 14.8. The lowest BCUT2D eigenvalue weighted by atomic mass is 10.1. The molecule has 0 heterocycles. The van der Waals surface area contributed by atoms with Gasteiger partial charge in [-0.2, -0.15) is 0 Å². The highest BCUT2D eigenvalue weighted by Gasteiger charge is 2.11. The fourth-order valence-electron chi connectivity index (χ4n) is 2.12. The van der Waals surface area contributed by atoms with Crippen LogP contribution in [0.4, 0.5) is 0 Å². The van der Waals surface area contributed by atoms with Gasteiger partial charge in [0.05, 0.1) is 6.61 Å². The Labute approximate surface area is 126 Å². The molecule has 2 nitrogen and oxygen atoms in total. The van der Waals surface area contributed by atoms with Gasteiger partial charge in [0.15, 0.2) is 0 Å². The standard InChI is InChI=1S/C19H20O2/c1-2-14-20-15-13-19(16-17-9-5-3-6-10-17)21-18-11-7-4-8-12-18/h1,3-12,19H,13-16H2. The molecule has 0 saturated carbocycles. The molecular weight excluding hydrogens is 260 g/mol. The van der Waals surface area contributed by atoms with Crippen LogP contribution in [0.25, 0.3) is 0 Å². The molecule has 0 N–H and O–H groups in total. The molecule has 0 spiro atoms. The average molecular weight is 280 g/mol. The van der Waals surface area contributed by atoms with E-state index in [9.17, 15) is 0 Å². The summed E-state index contributed by atoms with van der Waals surface area (Å²) in [5.41, 5.74) is 1.26. The molecule has 0 amide bonds. The molecule has 1 unspecified atom stereocenters. The molecule has 2 rings (SSSR count). The predicted molar refractivity (Wildman–Crippen MR) is 85.3 cm³/mol. The van der Waals surface area contributed by atoms with Crippen LogP contribution in [-0.2, 0) is 11.2 Å². The summed E-state index contributed by atoms with van der Waals surface area (Å²) in [6.45, 7) is 0.956. The van der Waals surface area contributed by atoms with E-state index in [4.69, 9.17) is 15.9 Å². The zero-order valence-corrected chi connectivity index (χ0v) is 12.1. The summed E-state index contributed by atoms with van der Waals surface area (Å²) in [4.78, 5) is 0. The highest BCUT2D eigenvalue weighted by atomic mass is 16.5. The maximum atomic E-state index is 6.07. The van der Waals surface area contributed by atoms with Gasteiger partial charge in [0.25, 0.3) is 0 Å². The van der Waals surface area contributed by atoms with Crippen LogP contribution in [0.2, 0.25) is 0 Å². The topological polar surface area (TPSA) is 18.5 Å². The molecular formula is C19H20O2. The third kappa shape index (κ3) is 5.72. The van der Waals surface area contributed by atoms with E-state index in [0.717, 1.165) is 18.6 Å². The number of hydrogen-bond donors (Lipinski definition) is 0. The SMILES string of the molecule is C#CCOCCC(Cc1ccccc1)Oc1ccccc1. The summed E-state index contributed by atoms with van der Waals surface area (Å²) in [5.74, 6) is 3.36. The van der Waals surface area contributed by atoms with E-state index in [1.54, 1.807) is 0 Å². The van der Waals surface area contributed by atoms with Crippen LogP contribution < -0.4 is 4.74 Å². The van der Waals surface area contributed by atoms with E-state index in [0.29, 0.717) is 13.2 Å². The maximum absolute atomic E-state index is 6.07. The minimum Gasteiger partial charge on any atom is -0.490 e. The molecule has 2 heteroatoms. The number of hydrogen-bond acceptors (Lipinski definition) is 2. The first kappa shape index (κ1) is 15.2. The highest BCUT2D eigenvalue weighted by Crippen LogP contribution is 2.16. The minimum atomic E-state index is 0.0765. The van der Waals surface area contributed by atoms with E-state index in [1.807, 2.05) is 48.5 Å². The van der Waals surface area contributed by atoms with Crippen LogP contribution in [0.5, 0.6) is 5.75 Å². The van der Waals surface area contributed by atoms with Crippen molar-refractivity contribution in [2.24, 2.45) is 0 Å². The first-order valence-electron chi connectivity index (χ1n) is 7.15. The Morgan fingerprint density at radius 3 is 2.29 bits per heavy atom. The molecule has 0 bridgehead atoms. The largest absolute Gasteiger partial charge is 0.490 e. The average Bonchev–Trinajstić information content (AvgIpc) is 2.53. The van der Waals surface area contributed by atoms with Crippen molar-refractivity contribution >= 4 is 0 Å². The van der Waals surface area contributed by atoms with Gasteiger partial charge < -0.3 is 9.47 Å². The number of rotatable bonds is 8. The lowest BCUT2D eigenvalue weighted by Gasteiger charge is -2.19. The van der Waals surface area contributed by atoms with Crippen LogP contribution in [0, 0.1) is 12.3 Å².